The van der Waals surface area contributed by atoms with E-state index in [1.165, 1.54) is 18.1 Å². The van der Waals surface area contributed by atoms with Gasteiger partial charge in [0.05, 0.1) is 12.7 Å². The number of benzene rings is 1. The number of methoxy groups -OCH3 is 1. The Kier molecular flexibility index (Phi) is 5.18. The average Bonchev–Trinajstić information content (AvgIpc) is 2.34. The summed E-state index contributed by atoms with van der Waals surface area (Å²) in [6.45, 7) is 3.51. The normalized spacial score (nSPS) is 10.4. The van der Waals surface area contributed by atoms with Gasteiger partial charge < -0.3 is 15.4 Å². The van der Waals surface area contributed by atoms with Gasteiger partial charge in [0, 0.05) is 16.8 Å². The predicted octanol–water partition coefficient (Wildman–Crippen LogP) is 1.95. The Labute approximate surface area is 117 Å². The summed E-state index contributed by atoms with van der Waals surface area (Å²) in [6, 6.07) is 4.49. The summed E-state index contributed by atoms with van der Waals surface area (Å²) < 4.78 is 4.58. The maximum atomic E-state index is 12.4. The quantitative estimate of drug-likeness (QED) is 0.677. The highest BCUT2D eigenvalue weighted by atomic mass is 35.5. The first-order chi connectivity index (χ1) is 8.86. The number of carbonyl (C=O) groups excluding carboxylic acids is 2. The molecule has 1 aromatic rings. The Hall–Kier alpha value is -1.75. The standard InChI is InChI=1S/C13H17ClN2O3/c1-8(2)16(7-12(17)19-3)13(18)10-5-4-9(14)6-11(10)15/h4-6,8H,7,15H2,1-3H3. The van der Waals surface area contributed by atoms with Gasteiger partial charge >= 0.3 is 5.97 Å². The van der Waals surface area contributed by atoms with Crippen molar-refractivity contribution in [2.75, 3.05) is 19.4 Å². The van der Waals surface area contributed by atoms with Crippen molar-refractivity contribution < 1.29 is 14.3 Å². The fourth-order valence-corrected chi connectivity index (χ4v) is 1.76. The molecule has 0 atom stereocenters. The molecule has 0 aliphatic carbocycles. The lowest BCUT2D eigenvalue weighted by Crippen LogP contribution is -2.41. The number of hydrogen-bond donors (Lipinski definition) is 1. The maximum absolute atomic E-state index is 12.4. The molecule has 0 saturated heterocycles. The number of ether oxygens (including phenoxy) is 1. The lowest BCUT2D eigenvalue weighted by Gasteiger charge is -2.26. The van der Waals surface area contributed by atoms with Crippen molar-refractivity contribution in [3.8, 4) is 0 Å². The van der Waals surface area contributed by atoms with Gasteiger partial charge in [-0.15, -0.1) is 0 Å². The molecule has 0 aromatic heterocycles. The van der Waals surface area contributed by atoms with Gasteiger partial charge in [-0.25, -0.2) is 0 Å². The van der Waals surface area contributed by atoms with Crippen LogP contribution in [0.25, 0.3) is 0 Å². The molecule has 1 aromatic carbocycles. The van der Waals surface area contributed by atoms with E-state index >= 15 is 0 Å². The third-order valence-electron chi connectivity index (χ3n) is 2.66. The first kappa shape index (κ1) is 15.3. The minimum absolute atomic E-state index is 0.116. The van der Waals surface area contributed by atoms with Crippen molar-refractivity contribution in [1.82, 2.24) is 4.90 Å². The molecule has 19 heavy (non-hydrogen) atoms. The van der Waals surface area contributed by atoms with Crippen molar-refractivity contribution in [2.45, 2.75) is 19.9 Å². The van der Waals surface area contributed by atoms with Crippen LogP contribution in [0.2, 0.25) is 5.02 Å². The second-order valence-corrected chi connectivity index (χ2v) is 4.77. The number of hydrogen-bond acceptors (Lipinski definition) is 4. The summed E-state index contributed by atoms with van der Waals surface area (Å²) >= 11 is 5.79. The number of rotatable bonds is 4. The highest BCUT2D eigenvalue weighted by molar-refractivity contribution is 6.31. The third-order valence-corrected chi connectivity index (χ3v) is 2.89. The Morgan fingerprint density at radius 2 is 2.05 bits per heavy atom. The largest absolute Gasteiger partial charge is 0.468 e. The van der Waals surface area contributed by atoms with Gasteiger partial charge in [-0.2, -0.15) is 0 Å². The summed E-state index contributed by atoms with van der Waals surface area (Å²) in [7, 11) is 1.28. The van der Waals surface area contributed by atoms with E-state index in [1.807, 2.05) is 13.8 Å². The minimum atomic E-state index is -0.477. The smallest absolute Gasteiger partial charge is 0.325 e. The lowest BCUT2D eigenvalue weighted by atomic mass is 10.1. The van der Waals surface area contributed by atoms with Gasteiger partial charge in [-0.05, 0) is 32.0 Å². The number of nitrogens with zero attached hydrogens (tertiary/aromatic N) is 1. The summed E-state index contributed by atoms with van der Waals surface area (Å²) in [5.41, 5.74) is 6.38. The molecule has 0 unspecified atom stereocenters. The summed E-state index contributed by atoms with van der Waals surface area (Å²) in [5.74, 6) is -0.802. The highest BCUT2D eigenvalue weighted by Crippen LogP contribution is 2.20. The van der Waals surface area contributed by atoms with Crippen LogP contribution < -0.4 is 5.73 Å². The van der Waals surface area contributed by atoms with Crippen LogP contribution in [0.5, 0.6) is 0 Å². The number of halogens is 1. The van der Waals surface area contributed by atoms with Crippen molar-refractivity contribution in [2.24, 2.45) is 0 Å². The van der Waals surface area contributed by atoms with E-state index in [0.29, 0.717) is 10.6 Å². The molecule has 0 saturated carbocycles. The fraction of sp³-hybridized carbons (Fsp3) is 0.385. The second kappa shape index (κ2) is 6.43. The van der Waals surface area contributed by atoms with E-state index in [4.69, 9.17) is 17.3 Å². The Morgan fingerprint density at radius 3 is 2.53 bits per heavy atom. The van der Waals surface area contributed by atoms with Crippen LogP contribution in [0.4, 0.5) is 5.69 Å². The van der Waals surface area contributed by atoms with Crippen LogP contribution in [0.15, 0.2) is 18.2 Å². The molecule has 1 rings (SSSR count). The number of anilines is 1. The van der Waals surface area contributed by atoms with E-state index < -0.39 is 5.97 Å². The van der Waals surface area contributed by atoms with Gasteiger partial charge in [-0.3, -0.25) is 9.59 Å². The Bertz CT molecular complexity index is 489. The van der Waals surface area contributed by atoms with Crippen LogP contribution in [-0.2, 0) is 9.53 Å². The molecule has 2 N–H and O–H groups in total. The van der Waals surface area contributed by atoms with Crippen molar-refractivity contribution in [3.05, 3.63) is 28.8 Å². The highest BCUT2D eigenvalue weighted by Gasteiger charge is 2.23. The number of nitrogens with two attached hydrogens (primary N) is 1. The number of carbonyl (C=O) groups is 2. The van der Waals surface area contributed by atoms with Gasteiger partial charge in [0.2, 0.25) is 0 Å². The molecule has 104 valence electrons. The van der Waals surface area contributed by atoms with E-state index in [2.05, 4.69) is 4.74 Å². The molecule has 0 bridgehead atoms. The van der Waals surface area contributed by atoms with E-state index in [-0.39, 0.29) is 24.2 Å². The zero-order valence-electron chi connectivity index (χ0n) is 11.1. The maximum Gasteiger partial charge on any atom is 0.325 e. The van der Waals surface area contributed by atoms with E-state index in [0.717, 1.165) is 0 Å². The van der Waals surface area contributed by atoms with Gasteiger partial charge in [0.25, 0.3) is 5.91 Å². The molecule has 0 spiro atoms. The monoisotopic (exact) mass is 284 g/mol. The van der Waals surface area contributed by atoms with Crippen molar-refractivity contribution in [3.63, 3.8) is 0 Å². The van der Waals surface area contributed by atoms with Crippen LogP contribution in [0.3, 0.4) is 0 Å². The molecule has 0 aliphatic heterocycles. The van der Waals surface area contributed by atoms with E-state index in [9.17, 15) is 9.59 Å². The van der Waals surface area contributed by atoms with Crippen molar-refractivity contribution >= 4 is 29.2 Å². The third kappa shape index (κ3) is 3.86. The second-order valence-electron chi connectivity index (χ2n) is 4.33. The van der Waals surface area contributed by atoms with Gasteiger partial charge in [0.15, 0.2) is 0 Å². The Morgan fingerprint density at radius 1 is 1.42 bits per heavy atom. The number of amides is 1. The summed E-state index contributed by atoms with van der Waals surface area (Å²) in [5, 5.41) is 0.457. The zero-order chi connectivity index (χ0) is 14.6. The predicted molar refractivity (Wildman–Crippen MR) is 74.1 cm³/mol. The van der Waals surface area contributed by atoms with Crippen LogP contribution in [-0.4, -0.2) is 36.5 Å². The minimum Gasteiger partial charge on any atom is -0.468 e. The van der Waals surface area contributed by atoms with Crippen LogP contribution >= 0.6 is 11.6 Å². The van der Waals surface area contributed by atoms with E-state index in [1.54, 1.807) is 12.1 Å². The van der Waals surface area contributed by atoms with Crippen molar-refractivity contribution in [1.29, 1.82) is 0 Å². The zero-order valence-corrected chi connectivity index (χ0v) is 11.9. The molecular weight excluding hydrogens is 268 g/mol. The van der Waals surface area contributed by atoms with Crippen LogP contribution in [0, 0.1) is 0 Å². The topological polar surface area (TPSA) is 72.6 Å². The van der Waals surface area contributed by atoms with Crippen LogP contribution in [0.1, 0.15) is 24.2 Å². The molecular formula is C13H17ClN2O3. The number of nitrogen functional groups attached to an aromatic ring is 1. The SMILES string of the molecule is COC(=O)CN(C(=O)c1ccc(Cl)cc1N)C(C)C. The lowest BCUT2D eigenvalue weighted by molar-refractivity contribution is -0.141. The first-order valence-corrected chi connectivity index (χ1v) is 6.17. The summed E-state index contributed by atoms with van der Waals surface area (Å²) in [4.78, 5) is 25.1. The first-order valence-electron chi connectivity index (χ1n) is 5.79. The fourth-order valence-electron chi connectivity index (χ4n) is 1.58. The molecule has 1 amide bonds. The molecule has 0 aliphatic rings. The molecule has 0 fully saturated rings. The molecule has 5 nitrogen and oxygen atoms in total. The average molecular weight is 285 g/mol. The van der Waals surface area contributed by atoms with Gasteiger partial charge in [-0.1, -0.05) is 11.6 Å². The number of esters is 1. The Balaban J connectivity index is 3.02. The van der Waals surface area contributed by atoms with Gasteiger partial charge in [0.1, 0.15) is 6.54 Å². The summed E-state index contributed by atoms with van der Waals surface area (Å²) in [6.07, 6.45) is 0. The molecule has 6 heteroatoms. The molecule has 0 radical (unpaired) electrons. The molecule has 0 heterocycles.